The van der Waals surface area contributed by atoms with E-state index in [2.05, 4.69) is 0 Å². The first-order valence-corrected chi connectivity index (χ1v) is 8.88. The highest BCUT2D eigenvalue weighted by Crippen LogP contribution is 2.28. The Labute approximate surface area is 164 Å². The summed E-state index contributed by atoms with van der Waals surface area (Å²) >= 11 is 0. The second-order valence-electron chi connectivity index (χ2n) is 6.40. The van der Waals surface area contributed by atoms with Crippen LogP contribution < -0.4 is 15.3 Å². The number of nitro benzene ring substituents is 1. The van der Waals surface area contributed by atoms with E-state index in [0.29, 0.717) is 37.4 Å². The van der Waals surface area contributed by atoms with Crippen molar-refractivity contribution in [3.63, 3.8) is 0 Å². The Morgan fingerprint density at radius 3 is 2.59 bits per heavy atom. The molecule has 4 rings (SSSR count). The van der Waals surface area contributed by atoms with Crippen LogP contribution in [0.15, 0.2) is 57.7 Å². The molecule has 0 amide bonds. The first-order valence-electron chi connectivity index (χ1n) is 8.88. The van der Waals surface area contributed by atoms with E-state index in [4.69, 9.17) is 13.9 Å². The topological polar surface area (TPSA) is 112 Å². The molecule has 0 spiro atoms. The summed E-state index contributed by atoms with van der Waals surface area (Å²) in [6.45, 7) is 2.10. The Bertz CT molecular complexity index is 1150. The van der Waals surface area contributed by atoms with Crippen molar-refractivity contribution in [3.05, 3.63) is 74.6 Å². The maximum atomic E-state index is 12.9. The van der Waals surface area contributed by atoms with Gasteiger partial charge in [0.25, 0.3) is 5.69 Å². The van der Waals surface area contributed by atoms with Crippen molar-refractivity contribution in [1.29, 1.82) is 0 Å². The number of morpholine rings is 1. The fraction of sp³-hybridized carbons (Fsp3) is 0.200. The van der Waals surface area contributed by atoms with Gasteiger partial charge in [0.05, 0.1) is 29.4 Å². The first kappa shape index (κ1) is 18.6. The third-order valence-electron chi connectivity index (χ3n) is 4.57. The van der Waals surface area contributed by atoms with Gasteiger partial charge < -0.3 is 18.8 Å². The number of rotatable bonds is 4. The van der Waals surface area contributed by atoms with Crippen LogP contribution in [-0.4, -0.2) is 37.2 Å². The van der Waals surface area contributed by atoms with Crippen LogP contribution in [0.2, 0.25) is 0 Å². The molecule has 1 aromatic heterocycles. The van der Waals surface area contributed by atoms with Gasteiger partial charge in [-0.25, -0.2) is 9.59 Å². The number of ether oxygens (including phenoxy) is 2. The van der Waals surface area contributed by atoms with Crippen LogP contribution in [-0.2, 0) is 4.74 Å². The first-order chi connectivity index (χ1) is 14.0. The van der Waals surface area contributed by atoms with Gasteiger partial charge in [-0.15, -0.1) is 0 Å². The smallest absolute Gasteiger partial charge is 0.345 e. The van der Waals surface area contributed by atoms with Crippen molar-refractivity contribution >= 4 is 28.3 Å². The maximum absolute atomic E-state index is 12.9. The van der Waals surface area contributed by atoms with Gasteiger partial charge in [0, 0.05) is 42.7 Å². The lowest BCUT2D eigenvalue weighted by Crippen LogP contribution is -2.37. The van der Waals surface area contributed by atoms with E-state index in [9.17, 15) is 19.7 Å². The van der Waals surface area contributed by atoms with E-state index in [-0.39, 0.29) is 22.6 Å². The third kappa shape index (κ3) is 3.94. The lowest BCUT2D eigenvalue weighted by Gasteiger charge is -2.30. The number of carbonyl (C=O) groups is 1. The number of nitrogens with zero attached hydrogens (tertiary/aromatic N) is 2. The van der Waals surface area contributed by atoms with Crippen molar-refractivity contribution in [2.45, 2.75) is 0 Å². The molecule has 0 atom stereocenters. The Balaban J connectivity index is 1.68. The van der Waals surface area contributed by atoms with Crippen molar-refractivity contribution < 1.29 is 23.6 Å². The monoisotopic (exact) mass is 396 g/mol. The number of esters is 1. The van der Waals surface area contributed by atoms with Crippen LogP contribution in [0.3, 0.4) is 0 Å². The largest absolute Gasteiger partial charge is 0.423 e. The zero-order valence-electron chi connectivity index (χ0n) is 15.2. The fourth-order valence-corrected chi connectivity index (χ4v) is 3.15. The minimum Gasteiger partial charge on any atom is -0.423 e. The van der Waals surface area contributed by atoms with Crippen LogP contribution in [0.5, 0.6) is 5.75 Å². The van der Waals surface area contributed by atoms with Gasteiger partial charge in [0.2, 0.25) is 0 Å². The maximum Gasteiger partial charge on any atom is 0.345 e. The van der Waals surface area contributed by atoms with Gasteiger partial charge in [-0.3, -0.25) is 10.1 Å². The lowest BCUT2D eigenvalue weighted by atomic mass is 10.1. The van der Waals surface area contributed by atoms with Crippen LogP contribution in [0.1, 0.15) is 10.4 Å². The Morgan fingerprint density at radius 1 is 1.07 bits per heavy atom. The second-order valence-corrected chi connectivity index (χ2v) is 6.40. The summed E-state index contributed by atoms with van der Waals surface area (Å²) in [4.78, 5) is 36.8. The summed E-state index contributed by atoms with van der Waals surface area (Å²) in [5.74, 6) is -0.580. The standard InChI is InChI=1S/C20H16N2O7/c23-19-6-2-13-1-4-15(12-18(13)29-19)28-20(24)16-11-14(22(25)26)3-5-17(16)21-7-9-27-10-8-21/h1-6,11-12H,7-10H2. The molecule has 29 heavy (non-hydrogen) atoms. The van der Waals surface area contributed by atoms with Gasteiger partial charge in [-0.1, -0.05) is 0 Å². The molecule has 3 aromatic rings. The molecule has 148 valence electrons. The molecule has 1 saturated heterocycles. The molecule has 0 N–H and O–H groups in total. The van der Waals surface area contributed by atoms with E-state index < -0.39 is 16.5 Å². The van der Waals surface area contributed by atoms with Crippen molar-refractivity contribution in [1.82, 2.24) is 0 Å². The molecule has 1 fully saturated rings. The Hall–Kier alpha value is -3.72. The zero-order chi connectivity index (χ0) is 20.4. The number of carbonyl (C=O) groups excluding carboxylic acids is 1. The average Bonchev–Trinajstić information content (AvgIpc) is 2.73. The molecule has 0 aliphatic carbocycles. The number of fused-ring (bicyclic) bond motifs is 1. The molecule has 0 radical (unpaired) electrons. The summed E-state index contributed by atoms with van der Waals surface area (Å²) in [5.41, 5.74) is 0.162. The second kappa shape index (κ2) is 7.72. The molecule has 9 heteroatoms. The van der Waals surface area contributed by atoms with Gasteiger partial charge >= 0.3 is 11.6 Å². The van der Waals surface area contributed by atoms with Gasteiger partial charge in [0.15, 0.2) is 0 Å². The quantitative estimate of drug-likeness (QED) is 0.218. The number of benzene rings is 2. The molecular formula is C20H16N2O7. The Kier molecular flexibility index (Phi) is 4.96. The van der Waals surface area contributed by atoms with E-state index >= 15 is 0 Å². The highest BCUT2D eigenvalue weighted by Gasteiger charge is 2.23. The third-order valence-corrected chi connectivity index (χ3v) is 4.57. The van der Waals surface area contributed by atoms with Crippen LogP contribution >= 0.6 is 0 Å². The summed E-state index contributed by atoms with van der Waals surface area (Å²) in [6.07, 6.45) is 0. The van der Waals surface area contributed by atoms with E-state index in [0.717, 1.165) is 0 Å². The average molecular weight is 396 g/mol. The van der Waals surface area contributed by atoms with Crippen LogP contribution in [0.4, 0.5) is 11.4 Å². The molecule has 1 aliphatic rings. The number of non-ortho nitro benzene ring substituents is 1. The molecule has 0 unspecified atom stereocenters. The molecule has 2 aromatic carbocycles. The SMILES string of the molecule is O=C(Oc1ccc2ccc(=O)oc2c1)c1cc([N+](=O)[O-])ccc1N1CCOCC1. The fourth-order valence-electron chi connectivity index (χ4n) is 3.15. The van der Waals surface area contributed by atoms with E-state index in [1.165, 1.54) is 24.3 Å². The van der Waals surface area contributed by atoms with Crippen LogP contribution in [0, 0.1) is 10.1 Å². The summed E-state index contributed by atoms with van der Waals surface area (Å²) < 4.78 is 15.9. The highest BCUT2D eigenvalue weighted by molar-refractivity contribution is 5.98. The molecule has 2 heterocycles. The molecule has 1 aliphatic heterocycles. The Morgan fingerprint density at radius 2 is 1.83 bits per heavy atom. The van der Waals surface area contributed by atoms with Gasteiger partial charge in [0.1, 0.15) is 11.3 Å². The highest BCUT2D eigenvalue weighted by atomic mass is 16.6. The van der Waals surface area contributed by atoms with Crippen molar-refractivity contribution in [3.8, 4) is 5.75 Å². The minimum absolute atomic E-state index is 0.0794. The van der Waals surface area contributed by atoms with Crippen molar-refractivity contribution in [2.75, 3.05) is 31.2 Å². The summed E-state index contributed by atoms with van der Waals surface area (Å²) in [6, 6.07) is 11.6. The normalized spacial score (nSPS) is 14.0. The van der Waals surface area contributed by atoms with Crippen molar-refractivity contribution in [2.24, 2.45) is 0 Å². The molecular weight excluding hydrogens is 380 g/mol. The van der Waals surface area contributed by atoms with Gasteiger partial charge in [-0.2, -0.15) is 0 Å². The summed E-state index contributed by atoms with van der Waals surface area (Å²) in [5, 5.41) is 11.9. The lowest BCUT2D eigenvalue weighted by molar-refractivity contribution is -0.384. The minimum atomic E-state index is -0.743. The number of hydrogen-bond donors (Lipinski definition) is 0. The predicted molar refractivity (Wildman–Crippen MR) is 104 cm³/mol. The number of anilines is 1. The van der Waals surface area contributed by atoms with Crippen LogP contribution in [0.25, 0.3) is 11.0 Å². The van der Waals surface area contributed by atoms with Gasteiger partial charge in [-0.05, 0) is 24.3 Å². The van der Waals surface area contributed by atoms with E-state index in [1.54, 1.807) is 24.3 Å². The number of nitro groups is 1. The molecule has 0 bridgehead atoms. The molecule has 9 nitrogen and oxygen atoms in total. The summed E-state index contributed by atoms with van der Waals surface area (Å²) in [7, 11) is 0. The van der Waals surface area contributed by atoms with E-state index in [1.807, 2.05) is 4.90 Å². The number of hydrogen-bond acceptors (Lipinski definition) is 8. The zero-order valence-corrected chi connectivity index (χ0v) is 15.2. The predicted octanol–water partition coefficient (Wildman–Crippen LogP) is 2.76. The molecule has 0 saturated carbocycles.